The van der Waals surface area contributed by atoms with E-state index in [1.807, 2.05) is 25.1 Å². The van der Waals surface area contributed by atoms with E-state index in [2.05, 4.69) is 40.2 Å². The molecule has 3 N–H and O–H groups in total. The molecule has 0 bridgehead atoms. The molecule has 2 amide bonds. The van der Waals surface area contributed by atoms with Crippen molar-refractivity contribution in [1.29, 1.82) is 0 Å². The van der Waals surface area contributed by atoms with Gasteiger partial charge in [0, 0.05) is 23.0 Å². The van der Waals surface area contributed by atoms with Gasteiger partial charge in [-0.2, -0.15) is 0 Å². The SMILES string of the molecule is COc1ccc(NC(=O)c2ccc(NC(=O)CNC(C)c3cccc4ccccc34)cc2)cc1. The van der Waals surface area contributed by atoms with Crippen LogP contribution < -0.4 is 20.7 Å². The molecule has 4 aromatic carbocycles. The number of nitrogens with one attached hydrogen (secondary N) is 3. The molecule has 0 saturated heterocycles. The van der Waals surface area contributed by atoms with Crippen LogP contribution in [0.25, 0.3) is 10.8 Å². The van der Waals surface area contributed by atoms with Gasteiger partial charge in [-0.3, -0.25) is 9.59 Å². The molecule has 0 aliphatic heterocycles. The third-order valence-electron chi connectivity index (χ3n) is 5.64. The smallest absolute Gasteiger partial charge is 0.255 e. The zero-order valence-electron chi connectivity index (χ0n) is 19.2. The van der Waals surface area contributed by atoms with E-state index in [9.17, 15) is 9.59 Å². The Morgan fingerprint density at radius 1 is 0.794 bits per heavy atom. The van der Waals surface area contributed by atoms with Crippen molar-refractivity contribution in [1.82, 2.24) is 5.32 Å². The van der Waals surface area contributed by atoms with Crippen LogP contribution in [0.1, 0.15) is 28.9 Å². The van der Waals surface area contributed by atoms with Gasteiger partial charge < -0.3 is 20.7 Å². The Balaban J connectivity index is 1.30. The molecule has 1 atom stereocenters. The Morgan fingerprint density at radius 2 is 1.44 bits per heavy atom. The lowest BCUT2D eigenvalue weighted by Gasteiger charge is -2.16. The zero-order chi connectivity index (χ0) is 23.9. The highest BCUT2D eigenvalue weighted by Crippen LogP contribution is 2.24. The van der Waals surface area contributed by atoms with Crippen LogP contribution >= 0.6 is 0 Å². The Labute approximate surface area is 199 Å². The molecule has 6 heteroatoms. The molecule has 0 radical (unpaired) electrons. The third-order valence-corrected chi connectivity index (χ3v) is 5.64. The first-order chi connectivity index (χ1) is 16.5. The summed E-state index contributed by atoms with van der Waals surface area (Å²) in [5.41, 5.74) is 2.95. The van der Waals surface area contributed by atoms with Gasteiger partial charge in [-0.1, -0.05) is 42.5 Å². The van der Waals surface area contributed by atoms with Crippen molar-refractivity contribution in [2.24, 2.45) is 0 Å². The fraction of sp³-hybridized carbons (Fsp3) is 0.143. The molecule has 0 heterocycles. The quantitative estimate of drug-likeness (QED) is 0.334. The van der Waals surface area contributed by atoms with Crippen LogP contribution in [0.5, 0.6) is 5.75 Å². The van der Waals surface area contributed by atoms with Crippen molar-refractivity contribution in [3.63, 3.8) is 0 Å². The standard InChI is InChI=1S/C28H27N3O3/c1-19(25-9-5-7-20-6-3-4-8-26(20)25)29-18-27(32)30-22-12-10-21(11-13-22)28(33)31-23-14-16-24(34-2)17-15-23/h3-17,19,29H,18H2,1-2H3,(H,30,32)(H,31,33). The maximum absolute atomic E-state index is 12.5. The lowest BCUT2D eigenvalue weighted by molar-refractivity contribution is -0.115. The second-order valence-electron chi connectivity index (χ2n) is 7.98. The molecular weight excluding hydrogens is 426 g/mol. The summed E-state index contributed by atoms with van der Waals surface area (Å²) in [6.07, 6.45) is 0. The van der Waals surface area contributed by atoms with E-state index in [-0.39, 0.29) is 24.4 Å². The summed E-state index contributed by atoms with van der Waals surface area (Å²) in [6, 6.07) is 28.3. The molecule has 0 aliphatic rings. The number of methoxy groups -OCH3 is 1. The highest BCUT2D eigenvalue weighted by atomic mass is 16.5. The average Bonchev–Trinajstić information content (AvgIpc) is 2.87. The van der Waals surface area contributed by atoms with Gasteiger partial charge in [-0.05, 0) is 71.8 Å². The first-order valence-electron chi connectivity index (χ1n) is 11.1. The summed E-state index contributed by atoms with van der Waals surface area (Å²) in [7, 11) is 1.59. The van der Waals surface area contributed by atoms with Gasteiger partial charge in [-0.15, -0.1) is 0 Å². The fourth-order valence-electron chi connectivity index (χ4n) is 3.77. The largest absolute Gasteiger partial charge is 0.497 e. The molecule has 0 fully saturated rings. The van der Waals surface area contributed by atoms with E-state index >= 15 is 0 Å². The lowest BCUT2D eigenvalue weighted by Crippen LogP contribution is -2.30. The minimum Gasteiger partial charge on any atom is -0.497 e. The Hall–Kier alpha value is -4.16. The molecule has 0 saturated carbocycles. The number of amides is 2. The Kier molecular flexibility index (Phi) is 7.20. The van der Waals surface area contributed by atoms with Gasteiger partial charge in [0.25, 0.3) is 5.91 Å². The predicted octanol–water partition coefficient (Wildman–Crippen LogP) is 5.39. The first kappa shape index (κ1) is 23.0. The zero-order valence-corrected chi connectivity index (χ0v) is 19.2. The normalized spacial score (nSPS) is 11.6. The number of fused-ring (bicyclic) bond motifs is 1. The average molecular weight is 454 g/mol. The summed E-state index contributed by atoms with van der Waals surface area (Å²) in [5.74, 6) is 0.343. The number of carbonyl (C=O) groups excluding carboxylic acids is 2. The van der Waals surface area contributed by atoms with Crippen LogP contribution in [-0.4, -0.2) is 25.5 Å². The monoisotopic (exact) mass is 453 g/mol. The van der Waals surface area contributed by atoms with Crippen molar-refractivity contribution in [2.75, 3.05) is 24.3 Å². The molecule has 4 rings (SSSR count). The van der Waals surface area contributed by atoms with Crippen LogP contribution in [0.2, 0.25) is 0 Å². The summed E-state index contributed by atoms with van der Waals surface area (Å²) in [6.45, 7) is 2.22. The van der Waals surface area contributed by atoms with Gasteiger partial charge in [0.15, 0.2) is 0 Å². The van der Waals surface area contributed by atoms with Crippen LogP contribution in [-0.2, 0) is 4.79 Å². The van der Waals surface area contributed by atoms with E-state index in [1.165, 1.54) is 10.8 Å². The van der Waals surface area contributed by atoms with Crippen molar-refractivity contribution in [3.05, 3.63) is 102 Å². The van der Waals surface area contributed by atoms with Gasteiger partial charge >= 0.3 is 0 Å². The molecule has 172 valence electrons. The van der Waals surface area contributed by atoms with E-state index in [1.54, 1.807) is 55.6 Å². The molecule has 0 aliphatic carbocycles. The number of benzene rings is 4. The van der Waals surface area contributed by atoms with Crippen LogP contribution in [0.3, 0.4) is 0 Å². The molecule has 6 nitrogen and oxygen atoms in total. The number of carbonyl (C=O) groups is 2. The predicted molar refractivity (Wildman–Crippen MR) is 136 cm³/mol. The third kappa shape index (κ3) is 5.60. The maximum atomic E-state index is 12.5. The van der Waals surface area contributed by atoms with Crippen molar-refractivity contribution in [3.8, 4) is 5.75 Å². The lowest BCUT2D eigenvalue weighted by atomic mass is 10.00. The van der Waals surface area contributed by atoms with E-state index in [0.29, 0.717) is 16.9 Å². The van der Waals surface area contributed by atoms with Crippen molar-refractivity contribution in [2.45, 2.75) is 13.0 Å². The highest BCUT2D eigenvalue weighted by Gasteiger charge is 2.11. The second-order valence-corrected chi connectivity index (χ2v) is 7.98. The van der Waals surface area contributed by atoms with Gasteiger partial charge in [0.2, 0.25) is 5.91 Å². The number of ether oxygens (including phenoxy) is 1. The second kappa shape index (κ2) is 10.6. The maximum Gasteiger partial charge on any atom is 0.255 e. The van der Waals surface area contributed by atoms with Crippen LogP contribution in [0.15, 0.2) is 91.0 Å². The molecule has 0 aromatic heterocycles. The summed E-state index contributed by atoms with van der Waals surface area (Å²) < 4.78 is 5.12. The van der Waals surface area contributed by atoms with Gasteiger partial charge in [-0.25, -0.2) is 0 Å². The minimum atomic E-state index is -0.228. The van der Waals surface area contributed by atoms with E-state index < -0.39 is 0 Å². The highest BCUT2D eigenvalue weighted by molar-refractivity contribution is 6.04. The topological polar surface area (TPSA) is 79.5 Å². The summed E-state index contributed by atoms with van der Waals surface area (Å²) >= 11 is 0. The van der Waals surface area contributed by atoms with E-state index in [4.69, 9.17) is 4.74 Å². The molecule has 0 spiro atoms. The number of rotatable bonds is 8. The molecule has 4 aromatic rings. The first-order valence-corrected chi connectivity index (χ1v) is 11.1. The fourth-order valence-corrected chi connectivity index (χ4v) is 3.77. The van der Waals surface area contributed by atoms with E-state index in [0.717, 1.165) is 11.3 Å². The number of hydrogen-bond donors (Lipinski definition) is 3. The molecule has 34 heavy (non-hydrogen) atoms. The van der Waals surface area contributed by atoms with Crippen LogP contribution in [0.4, 0.5) is 11.4 Å². The minimum absolute atomic E-state index is 0.0147. The summed E-state index contributed by atoms with van der Waals surface area (Å²) in [4.78, 5) is 24.9. The van der Waals surface area contributed by atoms with Gasteiger partial charge in [0.1, 0.15) is 5.75 Å². The Bertz CT molecular complexity index is 1280. The summed E-state index contributed by atoms with van der Waals surface area (Å²) in [5, 5.41) is 11.3. The van der Waals surface area contributed by atoms with Gasteiger partial charge in [0.05, 0.1) is 13.7 Å². The number of hydrogen-bond acceptors (Lipinski definition) is 4. The van der Waals surface area contributed by atoms with Crippen molar-refractivity contribution >= 4 is 34.0 Å². The van der Waals surface area contributed by atoms with Crippen LogP contribution in [0, 0.1) is 0 Å². The molecule has 1 unspecified atom stereocenters. The molecular formula is C28H27N3O3. The Morgan fingerprint density at radius 3 is 2.18 bits per heavy atom. The number of anilines is 2. The van der Waals surface area contributed by atoms with Crippen molar-refractivity contribution < 1.29 is 14.3 Å².